The highest BCUT2D eigenvalue weighted by molar-refractivity contribution is 6.31. The molecular formula is C23H25ClN4O3. The molecular weight excluding hydrogens is 416 g/mol. The second-order valence-corrected chi connectivity index (χ2v) is 8.34. The summed E-state index contributed by atoms with van der Waals surface area (Å²) in [7, 11) is 0. The number of nitrogens with zero attached hydrogens (tertiary/aromatic N) is 3. The minimum absolute atomic E-state index is 0.193. The maximum atomic E-state index is 13.3. The summed E-state index contributed by atoms with van der Waals surface area (Å²) in [6, 6.07) is 11.9. The number of carbonyl (C=O) groups excluding carboxylic acids is 1. The van der Waals surface area contributed by atoms with E-state index in [0.717, 1.165) is 29.8 Å². The molecule has 1 fully saturated rings. The lowest BCUT2D eigenvalue weighted by molar-refractivity contribution is -0.121. The monoisotopic (exact) mass is 440 g/mol. The van der Waals surface area contributed by atoms with Crippen LogP contribution >= 0.6 is 11.6 Å². The predicted molar refractivity (Wildman–Crippen MR) is 122 cm³/mol. The van der Waals surface area contributed by atoms with Crippen molar-refractivity contribution >= 4 is 28.4 Å². The van der Waals surface area contributed by atoms with E-state index in [2.05, 4.69) is 10.2 Å². The zero-order valence-corrected chi connectivity index (χ0v) is 18.2. The van der Waals surface area contributed by atoms with E-state index in [-0.39, 0.29) is 12.5 Å². The Bertz CT molecular complexity index is 1240. The number of amides is 1. The number of aromatic nitrogens is 2. The summed E-state index contributed by atoms with van der Waals surface area (Å²) in [5.74, 6) is -0.281. The Balaban J connectivity index is 1.71. The van der Waals surface area contributed by atoms with E-state index in [1.807, 2.05) is 13.0 Å². The molecule has 3 aromatic rings. The number of hydrogen-bond acceptors (Lipinski definition) is 4. The number of benzene rings is 2. The molecule has 1 N–H and O–H groups in total. The second kappa shape index (κ2) is 9.08. The molecule has 0 saturated carbocycles. The normalized spacial score (nSPS) is 14.3. The first-order chi connectivity index (χ1) is 14.9. The Morgan fingerprint density at radius 1 is 1.10 bits per heavy atom. The first-order valence-corrected chi connectivity index (χ1v) is 10.8. The largest absolute Gasteiger partial charge is 0.353 e. The van der Waals surface area contributed by atoms with Crippen molar-refractivity contribution < 1.29 is 4.79 Å². The fourth-order valence-electron chi connectivity index (χ4n) is 4.05. The fraction of sp³-hybridized carbons (Fsp3) is 0.348. The van der Waals surface area contributed by atoms with Crippen molar-refractivity contribution in [1.82, 2.24) is 19.4 Å². The Hall–Kier alpha value is -2.90. The van der Waals surface area contributed by atoms with Crippen LogP contribution in [0.1, 0.15) is 18.4 Å². The summed E-state index contributed by atoms with van der Waals surface area (Å²) in [5.41, 5.74) is 0.732. The lowest BCUT2D eigenvalue weighted by Crippen LogP contribution is -2.42. The van der Waals surface area contributed by atoms with Gasteiger partial charge in [-0.2, -0.15) is 0 Å². The van der Waals surface area contributed by atoms with E-state index in [1.165, 1.54) is 17.4 Å². The van der Waals surface area contributed by atoms with Crippen LogP contribution in [-0.2, 0) is 11.3 Å². The minimum Gasteiger partial charge on any atom is -0.353 e. The number of rotatable bonds is 6. The molecule has 2 heterocycles. The highest BCUT2D eigenvalue weighted by Gasteiger charge is 2.17. The highest BCUT2D eigenvalue weighted by atomic mass is 35.5. The van der Waals surface area contributed by atoms with Crippen molar-refractivity contribution in [2.75, 3.05) is 26.2 Å². The SMILES string of the molecule is Cc1cccc(-n2c(=O)c3ccc(Cl)cc3n(CC(=O)NCCN3CCCC3)c2=O)c1. The van der Waals surface area contributed by atoms with Gasteiger partial charge >= 0.3 is 5.69 Å². The van der Waals surface area contributed by atoms with Gasteiger partial charge in [-0.15, -0.1) is 0 Å². The number of likely N-dealkylation sites (tertiary alicyclic amines) is 1. The van der Waals surface area contributed by atoms with Gasteiger partial charge in [0.1, 0.15) is 6.54 Å². The minimum atomic E-state index is -0.569. The van der Waals surface area contributed by atoms with Gasteiger partial charge in [0, 0.05) is 18.1 Å². The molecule has 1 aliphatic rings. The maximum Gasteiger partial charge on any atom is 0.336 e. The molecule has 7 nitrogen and oxygen atoms in total. The van der Waals surface area contributed by atoms with Crippen LogP contribution < -0.4 is 16.6 Å². The summed E-state index contributed by atoms with van der Waals surface area (Å²) < 4.78 is 2.43. The topological polar surface area (TPSA) is 76.3 Å². The molecule has 0 radical (unpaired) electrons. The van der Waals surface area contributed by atoms with Gasteiger partial charge in [0.2, 0.25) is 5.91 Å². The molecule has 1 aromatic heterocycles. The molecule has 0 bridgehead atoms. The van der Waals surface area contributed by atoms with Gasteiger partial charge in [0.15, 0.2) is 0 Å². The van der Waals surface area contributed by atoms with Crippen molar-refractivity contribution in [3.8, 4) is 5.69 Å². The van der Waals surface area contributed by atoms with Crippen LogP contribution in [0.3, 0.4) is 0 Å². The highest BCUT2D eigenvalue weighted by Crippen LogP contribution is 2.17. The van der Waals surface area contributed by atoms with Gasteiger partial charge in [0.25, 0.3) is 5.56 Å². The third-order valence-corrected chi connectivity index (χ3v) is 5.85. The molecule has 31 heavy (non-hydrogen) atoms. The van der Waals surface area contributed by atoms with Gasteiger partial charge in [-0.25, -0.2) is 9.36 Å². The molecule has 0 spiro atoms. The third kappa shape index (κ3) is 4.57. The van der Waals surface area contributed by atoms with Gasteiger partial charge in [-0.3, -0.25) is 14.2 Å². The number of fused-ring (bicyclic) bond motifs is 1. The first kappa shape index (κ1) is 21.3. The molecule has 1 amide bonds. The molecule has 1 saturated heterocycles. The maximum absolute atomic E-state index is 13.3. The quantitative estimate of drug-likeness (QED) is 0.638. The van der Waals surface area contributed by atoms with Crippen LogP contribution in [0.5, 0.6) is 0 Å². The van der Waals surface area contributed by atoms with E-state index in [1.54, 1.807) is 36.4 Å². The second-order valence-electron chi connectivity index (χ2n) is 7.91. The van der Waals surface area contributed by atoms with Crippen LogP contribution in [0.2, 0.25) is 5.02 Å². The summed E-state index contributed by atoms with van der Waals surface area (Å²) in [5, 5.41) is 3.61. The summed E-state index contributed by atoms with van der Waals surface area (Å²) >= 11 is 6.14. The Morgan fingerprint density at radius 3 is 2.61 bits per heavy atom. The van der Waals surface area contributed by atoms with E-state index >= 15 is 0 Å². The first-order valence-electron chi connectivity index (χ1n) is 10.5. The molecule has 0 atom stereocenters. The van der Waals surface area contributed by atoms with E-state index in [0.29, 0.717) is 28.2 Å². The standard InChI is InChI=1S/C23H25ClN4O3/c1-16-5-4-6-18(13-16)28-22(30)19-8-7-17(24)14-20(19)27(23(28)31)15-21(29)25-9-12-26-10-2-3-11-26/h4-8,13-14H,2-3,9-12,15H2,1H3,(H,25,29). The third-order valence-electron chi connectivity index (χ3n) is 5.62. The zero-order chi connectivity index (χ0) is 22.0. The smallest absolute Gasteiger partial charge is 0.336 e. The van der Waals surface area contributed by atoms with Crippen molar-refractivity contribution in [3.63, 3.8) is 0 Å². The zero-order valence-electron chi connectivity index (χ0n) is 17.4. The Labute approximate surface area is 184 Å². The number of carbonyl (C=O) groups is 1. The van der Waals surface area contributed by atoms with E-state index in [9.17, 15) is 14.4 Å². The molecule has 0 aliphatic carbocycles. The molecule has 162 valence electrons. The summed E-state index contributed by atoms with van der Waals surface area (Å²) in [6.07, 6.45) is 2.38. The molecule has 1 aliphatic heterocycles. The van der Waals surface area contributed by atoms with Crippen molar-refractivity contribution in [2.45, 2.75) is 26.3 Å². The fourth-order valence-corrected chi connectivity index (χ4v) is 4.21. The molecule has 0 unspecified atom stereocenters. The van der Waals surface area contributed by atoms with Crippen molar-refractivity contribution in [1.29, 1.82) is 0 Å². The van der Waals surface area contributed by atoms with Crippen LogP contribution in [-0.4, -0.2) is 46.1 Å². The Morgan fingerprint density at radius 2 is 1.87 bits per heavy atom. The number of halogens is 1. The van der Waals surface area contributed by atoms with Gasteiger partial charge in [-0.05, 0) is 68.8 Å². The molecule has 2 aromatic carbocycles. The van der Waals surface area contributed by atoms with E-state index < -0.39 is 11.2 Å². The number of aryl methyl sites for hydroxylation is 1. The van der Waals surface area contributed by atoms with Crippen molar-refractivity contribution in [3.05, 3.63) is 73.9 Å². The van der Waals surface area contributed by atoms with Gasteiger partial charge in [-0.1, -0.05) is 23.7 Å². The average Bonchev–Trinajstić information content (AvgIpc) is 3.25. The predicted octanol–water partition coefficient (Wildman–Crippen LogP) is 2.33. The van der Waals surface area contributed by atoms with Crippen LogP contribution in [0.4, 0.5) is 0 Å². The van der Waals surface area contributed by atoms with Crippen molar-refractivity contribution in [2.24, 2.45) is 0 Å². The Kier molecular flexibility index (Phi) is 6.25. The molecule has 4 rings (SSSR count). The van der Waals surface area contributed by atoms with Crippen LogP contribution in [0.15, 0.2) is 52.1 Å². The van der Waals surface area contributed by atoms with Crippen LogP contribution in [0, 0.1) is 6.92 Å². The lowest BCUT2D eigenvalue weighted by atomic mass is 10.2. The average molecular weight is 441 g/mol. The number of nitrogens with one attached hydrogen (secondary N) is 1. The molecule has 8 heteroatoms. The summed E-state index contributed by atoms with van der Waals surface area (Å²) in [4.78, 5) is 41.4. The number of hydrogen-bond donors (Lipinski definition) is 1. The van der Waals surface area contributed by atoms with Gasteiger partial charge < -0.3 is 10.2 Å². The summed E-state index contributed by atoms with van der Waals surface area (Å²) in [6.45, 7) is 5.11. The van der Waals surface area contributed by atoms with E-state index in [4.69, 9.17) is 11.6 Å². The van der Waals surface area contributed by atoms with Crippen LogP contribution in [0.25, 0.3) is 16.6 Å². The lowest BCUT2D eigenvalue weighted by Gasteiger charge is -2.16. The van der Waals surface area contributed by atoms with Gasteiger partial charge in [0.05, 0.1) is 16.6 Å².